The van der Waals surface area contributed by atoms with Gasteiger partial charge in [-0.2, -0.15) is 0 Å². The number of benzene rings is 1. The standard InChI is InChI=1S/C17H25ClO3/c1-3-5-15(18)12-13(2)6-4-11-21-16-9-7-14(8-10-16)17(19)20/h7-10,13,15H,3-6,11-12H2,1-2H3,(H,19,20)/t13-,15?/m1/s1. The van der Waals surface area contributed by atoms with Gasteiger partial charge in [0.1, 0.15) is 5.75 Å². The SMILES string of the molecule is CCCC(Cl)C[C@H](C)CCCOc1ccc(C(=O)O)cc1. The maximum absolute atomic E-state index is 10.7. The summed E-state index contributed by atoms with van der Waals surface area (Å²) in [7, 11) is 0. The fourth-order valence-electron chi connectivity index (χ4n) is 2.30. The Kier molecular flexibility index (Phi) is 8.21. The monoisotopic (exact) mass is 312 g/mol. The van der Waals surface area contributed by atoms with Crippen molar-refractivity contribution in [1.29, 1.82) is 0 Å². The van der Waals surface area contributed by atoms with Gasteiger partial charge >= 0.3 is 5.97 Å². The summed E-state index contributed by atoms with van der Waals surface area (Å²) in [6.07, 6.45) is 5.36. The van der Waals surface area contributed by atoms with Crippen LogP contribution in [-0.2, 0) is 0 Å². The molecule has 3 nitrogen and oxygen atoms in total. The van der Waals surface area contributed by atoms with E-state index < -0.39 is 5.97 Å². The molecule has 2 atom stereocenters. The maximum atomic E-state index is 10.7. The Bertz CT molecular complexity index is 417. The van der Waals surface area contributed by atoms with E-state index in [1.165, 1.54) is 0 Å². The van der Waals surface area contributed by atoms with E-state index in [1.54, 1.807) is 24.3 Å². The molecule has 0 spiro atoms. The van der Waals surface area contributed by atoms with Crippen molar-refractivity contribution in [2.45, 2.75) is 51.3 Å². The number of ether oxygens (including phenoxy) is 1. The van der Waals surface area contributed by atoms with Gasteiger partial charge in [-0.1, -0.05) is 20.3 Å². The van der Waals surface area contributed by atoms with Crippen molar-refractivity contribution in [3.63, 3.8) is 0 Å². The zero-order valence-electron chi connectivity index (χ0n) is 12.8. The Morgan fingerprint density at radius 3 is 2.52 bits per heavy atom. The van der Waals surface area contributed by atoms with Crippen LogP contribution in [0.25, 0.3) is 0 Å². The van der Waals surface area contributed by atoms with E-state index >= 15 is 0 Å². The van der Waals surface area contributed by atoms with Crippen LogP contribution in [-0.4, -0.2) is 23.1 Å². The Morgan fingerprint density at radius 2 is 1.95 bits per heavy atom. The number of alkyl halides is 1. The first-order chi connectivity index (χ1) is 10.0. The molecule has 1 unspecified atom stereocenters. The first-order valence-electron chi connectivity index (χ1n) is 7.63. The van der Waals surface area contributed by atoms with Crippen LogP contribution in [0.1, 0.15) is 56.3 Å². The predicted molar refractivity (Wildman–Crippen MR) is 86.5 cm³/mol. The summed E-state index contributed by atoms with van der Waals surface area (Å²) in [6.45, 7) is 5.04. The smallest absolute Gasteiger partial charge is 0.335 e. The summed E-state index contributed by atoms with van der Waals surface area (Å²) in [6, 6.07) is 6.51. The lowest BCUT2D eigenvalue weighted by molar-refractivity contribution is 0.0697. The van der Waals surface area contributed by atoms with Crippen LogP contribution in [0.2, 0.25) is 0 Å². The maximum Gasteiger partial charge on any atom is 0.335 e. The van der Waals surface area contributed by atoms with Crippen molar-refractivity contribution in [1.82, 2.24) is 0 Å². The first-order valence-corrected chi connectivity index (χ1v) is 8.06. The minimum atomic E-state index is -0.918. The Morgan fingerprint density at radius 1 is 1.29 bits per heavy atom. The minimum absolute atomic E-state index is 0.278. The molecule has 0 saturated heterocycles. The van der Waals surface area contributed by atoms with Crippen LogP contribution in [0, 0.1) is 5.92 Å². The average Bonchev–Trinajstić information content (AvgIpc) is 2.44. The Labute approximate surface area is 132 Å². The summed E-state index contributed by atoms with van der Waals surface area (Å²) < 4.78 is 5.62. The van der Waals surface area contributed by atoms with Crippen molar-refractivity contribution in [3.05, 3.63) is 29.8 Å². The third-order valence-electron chi connectivity index (χ3n) is 3.47. The number of carbonyl (C=O) groups is 1. The summed E-state index contributed by atoms with van der Waals surface area (Å²) in [5, 5.41) is 9.10. The van der Waals surface area contributed by atoms with Gasteiger partial charge in [-0.05, 0) is 55.9 Å². The molecule has 0 heterocycles. The molecule has 0 radical (unpaired) electrons. The molecule has 1 rings (SSSR count). The summed E-state index contributed by atoms with van der Waals surface area (Å²) >= 11 is 6.25. The summed E-state index contributed by atoms with van der Waals surface area (Å²) in [4.78, 5) is 10.7. The number of aromatic carboxylic acids is 1. The third-order valence-corrected chi connectivity index (χ3v) is 3.87. The van der Waals surface area contributed by atoms with Crippen LogP contribution >= 0.6 is 11.6 Å². The zero-order chi connectivity index (χ0) is 15.7. The molecule has 1 N–H and O–H groups in total. The van der Waals surface area contributed by atoms with Crippen LogP contribution in [0.5, 0.6) is 5.75 Å². The highest BCUT2D eigenvalue weighted by Gasteiger charge is 2.09. The van der Waals surface area contributed by atoms with Crippen molar-refractivity contribution in [2.24, 2.45) is 5.92 Å². The quantitative estimate of drug-likeness (QED) is 0.489. The van der Waals surface area contributed by atoms with Gasteiger partial charge in [-0.3, -0.25) is 0 Å². The normalized spacial score (nSPS) is 13.7. The van der Waals surface area contributed by atoms with Gasteiger partial charge in [0.15, 0.2) is 0 Å². The molecular formula is C17H25ClO3. The first kappa shape index (κ1) is 17.8. The molecule has 1 aromatic rings. The zero-order valence-corrected chi connectivity index (χ0v) is 13.6. The lowest BCUT2D eigenvalue weighted by atomic mass is 9.98. The van der Waals surface area contributed by atoms with Crippen molar-refractivity contribution < 1.29 is 14.6 Å². The molecule has 0 amide bonds. The number of carboxylic acids is 1. The minimum Gasteiger partial charge on any atom is -0.494 e. The van der Waals surface area contributed by atoms with Gasteiger partial charge in [-0.15, -0.1) is 11.6 Å². The molecule has 1 aromatic carbocycles. The number of hydrogen-bond acceptors (Lipinski definition) is 2. The largest absolute Gasteiger partial charge is 0.494 e. The van der Waals surface area contributed by atoms with Crippen molar-refractivity contribution in [2.75, 3.05) is 6.61 Å². The molecule has 0 saturated carbocycles. The van der Waals surface area contributed by atoms with Gasteiger partial charge in [0.25, 0.3) is 0 Å². The molecule has 0 aliphatic carbocycles. The van der Waals surface area contributed by atoms with Crippen molar-refractivity contribution in [3.8, 4) is 5.75 Å². The van der Waals surface area contributed by atoms with Gasteiger partial charge in [-0.25, -0.2) is 4.79 Å². The van der Waals surface area contributed by atoms with E-state index in [-0.39, 0.29) is 10.9 Å². The fourth-order valence-corrected chi connectivity index (χ4v) is 2.82. The average molecular weight is 313 g/mol. The second-order valence-corrected chi connectivity index (χ2v) is 6.16. The second kappa shape index (κ2) is 9.67. The summed E-state index contributed by atoms with van der Waals surface area (Å²) in [5.74, 6) is 0.406. The molecule has 0 aliphatic heterocycles. The highest BCUT2D eigenvalue weighted by Crippen LogP contribution is 2.20. The van der Waals surface area contributed by atoms with Crippen LogP contribution in [0.3, 0.4) is 0 Å². The fraction of sp³-hybridized carbons (Fsp3) is 0.588. The molecule has 21 heavy (non-hydrogen) atoms. The van der Waals surface area contributed by atoms with E-state index in [4.69, 9.17) is 21.4 Å². The highest BCUT2D eigenvalue weighted by molar-refractivity contribution is 6.20. The van der Waals surface area contributed by atoms with Gasteiger partial charge in [0.05, 0.1) is 12.2 Å². The van der Waals surface area contributed by atoms with Crippen LogP contribution < -0.4 is 4.74 Å². The Hall–Kier alpha value is -1.22. The van der Waals surface area contributed by atoms with Crippen molar-refractivity contribution >= 4 is 17.6 Å². The van der Waals surface area contributed by atoms with Crippen LogP contribution in [0.15, 0.2) is 24.3 Å². The van der Waals surface area contributed by atoms with Gasteiger partial charge < -0.3 is 9.84 Å². The molecule has 0 aromatic heterocycles. The molecule has 0 fully saturated rings. The Balaban J connectivity index is 2.20. The molecule has 0 bridgehead atoms. The summed E-state index contributed by atoms with van der Waals surface area (Å²) in [5.41, 5.74) is 0.278. The molecule has 0 aliphatic rings. The van der Waals surface area contributed by atoms with Gasteiger partial charge in [0.2, 0.25) is 0 Å². The molecule has 4 heteroatoms. The topological polar surface area (TPSA) is 46.5 Å². The van der Waals surface area contributed by atoms with E-state index in [9.17, 15) is 4.79 Å². The highest BCUT2D eigenvalue weighted by atomic mass is 35.5. The lowest BCUT2D eigenvalue weighted by Gasteiger charge is -2.15. The lowest BCUT2D eigenvalue weighted by Crippen LogP contribution is -2.07. The van der Waals surface area contributed by atoms with E-state index in [1.807, 2.05) is 0 Å². The number of rotatable bonds is 10. The molecular weight excluding hydrogens is 288 g/mol. The number of hydrogen-bond donors (Lipinski definition) is 1. The van der Waals surface area contributed by atoms with E-state index in [0.29, 0.717) is 18.3 Å². The van der Waals surface area contributed by atoms with E-state index in [0.717, 1.165) is 32.1 Å². The number of halogens is 1. The third kappa shape index (κ3) is 7.37. The second-order valence-electron chi connectivity index (χ2n) is 5.55. The molecule has 118 valence electrons. The van der Waals surface area contributed by atoms with E-state index in [2.05, 4.69) is 13.8 Å². The van der Waals surface area contributed by atoms with Gasteiger partial charge in [0, 0.05) is 5.38 Å². The van der Waals surface area contributed by atoms with Crippen LogP contribution in [0.4, 0.5) is 0 Å². The number of carboxylic acid groups (broad SMARTS) is 1. The predicted octanol–water partition coefficient (Wildman–Crippen LogP) is 4.98.